The minimum absolute atomic E-state index is 0.0673. The predicted octanol–water partition coefficient (Wildman–Crippen LogP) is 2.61. The smallest absolute Gasteiger partial charge is 0.228 e. The van der Waals surface area contributed by atoms with Gasteiger partial charge >= 0.3 is 0 Å². The molecular formula is C12H8FN3O. The standard InChI is InChI=1S/C12H8FN3O/c13-8-4-3-7(6-9(8)14)12-16-11-10(17-12)2-1-5-15-11/h1-6H,14H2. The Hall–Kier alpha value is -2.43. The van der Waals surface area contributed by atoms with Crippen molar-refractivity contribution in [1.29, 1.82) is 0 Å². The maximum absolute atomic E-state index is 13.0. The molecule has 5 heteroatoms. The summed E-state index contributed by atoms with van der Waals surface area (Å²) in [5.41, 5.74) is 7.29. The summed E-state index contributed by atoms with van der Waals surface area (Å²) in [6.07, 6.45) is 1.63. The molecular weight excluding hydrogens is 221 g/mol. The topological polar surface area (TPSA) is 64.9 Å². The van der Waals surface area contributed by atoms with Crippen molar-refractivity contribution in [3.63, 3.8) is 0 Å². The first-order valence-corrected chi connectivity index (χ1v) is 5.01. The summed E-state index contributed by atoms with van der Waals surface area (Å²) in [7, 11) is 0. The summed E-state index contributed by atoms with van der Waals surface area (Å²) in [6.45, 7) is 0. The second-order valence-electron chi connectivity index (χ2n) is 3.58. The molecule has 0 aliphatic heterocycles. The lowest BCUT2D eigenvalue weighted by atomic mass is 10.2. The molecule has 0 aliphatic carbocycles. The Labute approximate surface area is 95.9 Å². The minimum atomic E-state index is -0.456. The van der Waals surface area contributed by atoms with E-state index in [0.29, 0.717) is 22.7 Å². The number of nitrogens with two attached hydrogens (primary N) is 1. The number of pyridine rings is 1. The maximum atomic E-state index is 13.0. The molecule has 2 N–H and O–H groups in total. The lowest BCUT2D eigenvalue weighted by Gasteiger charge is -1.98. The van der Waals surface area contributed by atoms with Gasteiger partial charge in [0.05, 0.1) is 5.69 Å². The average Bonchev–Trinajstić information content (AvgIpc) is 2.76. The Balaban J connectivity index is 2.17. The third kappa shape index (κ3) is 1.61. The van der Waals surface area contributed by atoms with Gasteiger partial charge in [-0.05, 0) is 30.3 Å². The van der Waals surface area contributed by atoms with Crippen LogP contribution >= 0.6 is 0 Å². The number of fused-ring (bicyclic) bond motifs is 1. The number of anilines is 1. The largest absolute Gasteiger partial charge is 0.434 e. The maximum Gasteiger partial charge on any atom is 0.228 e. The van der Waals surface area contributed by atoms with Crippen molar-refractivity contribution in [2.45, 2.75) is 0 Å². The Morgan fingerprint density at radius 3 is 2.88 bits per heavy atom. The van der Waals surface area contributed by atoms with Crippen molar-refractivity contribution < 1.29 is 8.81 Å². The van der Waals surface area contributed by atoms with E-state index in [9.17, 15) is 4.39 Å². The van der Waals surface area contributed by atoms with Gasteiger partial charge in [0.2, 0.25) is 5.89 Å². The van der Waals surface area contributed by atoms with Gasteiger partial charge in [0.1, 0.15) is 5.82 Å². The van der Waals surface area contributed by atoms with Crippen LogP contribution in [-0.2, 0) is 0 Å². The lowest BCUT2D eigenvalue weighted by Crippen LogP contribution is -1.90. The summed E-state index contributed by atoms with van der Waals surface area (Å²) >= 11 is 0. The number of benzene rings is 1. The quantitative estimate of drug-likeness (QED) is 0.651. The number of rotatable bonds is 1. The Morgan fingerprint density at radius 1 is 1.24 bits per heavy atom. The fourth-order valence-electron chi connectivity index (χ4n) is 1.57. The molecule has 3 rings (SSSR count). The molecule has 17 heavy (non-hydrogen) atoms. The molecule has 0 atom stereocenters. The number of nitrogens with zero attached hydrogens (tertiary/aromatic N) is 2. The Bertz CT molecular complexity index is 660. The molecule has 2 heterocycles. The van der Waals surface area contributed by atoms with E-state index in [1.54, 1.807) is 24.4 Å². The summed E-state index contributed by atoms with van der Waals surface area (Å²) < 4.78 is 18.5. The van der Waals surface area contributed by atoms with Gasteiger partial charge < -0.3 is 10.2 Å². The zero-order valence-corrected chi connectivity index (χ0v) is 8.72. The van der Waals surface area contributed by atoms with Gasteiger partial charge in [-0.2, -0.15) is 4.98 Å². The third-order valence-electron chi connectivity index (χ3n) is 2.41. The molecule has 0 bridgehead atoms. The van der Waals surface area contributed by atoms with Crippen LogP contribution in [0.3, 0.4) is 0 Å². The first-order valence-electron chi connectivity index (χ1n) is 5.01. The highest BCUT2D eigenvalue weighted by Crippen LogP contribution is 2.25. The van der Waals surface area contributed by atoms with Gasteiger partial charge in [-0.15, -0.1) is 0 Å². The second kappa shape index (κ2) is 3.55. The molecule has 0 radical (unpaired) electrons. The predicted molar refractivity (Wildman–Crippen MR) is 61.6 cm³/mol. The van der Waals surface area contributed by atoms with E-state index < -0.39 is 5.82 Å². The minimum Gasteiger partial charge on any atom is -0.434 e. The fourth-order valence-corrected chi connectivity index (χ4v) is 1.57. The van der Waals surface area contributed by atoms with Crippen molar-refractivity contribution in [3.05, 3.63) is 42.3 Å². The van der Waals surface area contributed by atoms with E-state index >= 15 is 0 Å². The highest BCUT2D eigenvalue weighted by atomic mass is 19.1. The third-order valence-corrected chi connectivity index (χ3v) is 2.41. The van der Waals surface area contributed by atoms with Crippen LogP contribution in [0.25, 0.3) is 22.7 Å². The van der Waals surface area contributed by atoms with Crippen LogP contribution in [0.1, 0.15) is 0 Å². The summed E-state index contributed by atoms with van der Waals surface area (Å²) in [5, 5.41) is 0. The van der Waals surface area contributed by atoms with Crippen molar-refractivity contribution in [2.24, 2.45) is 0 Å². The summed E-state index contributed by atoms with van der Waals surface area (Å²) in [5.74, 6) is -0.0756. The van der Waals surface area contributed by atoms with Gasteiger partial charge in [0.15, 0.2) is 11.2 Å². The molecule has 4 nitrogen and oxygen atoms in total. The zero-order chi connectivity index (χ0) is 11.8. The second-order valence-corrected chi connectivity index (χ2v) is 3.58. The molecule has 0 saturated carbocycles. The molecule has 0 fully saturated rings. The molecule has 0 spiro atoms. The number of hydrogen-bond donors (Lipinski definition) is 1. The molecule has 1 aromatic carbocycles. The van der Waals surface area contributed by atoms with Crippen LogP contribution < -0.4 is 5.73 Å². The molecule has 84 valence electrons. The molecule has 0 unspecified atom stereocenters. The number of aromatic nitrogens is 2. The highest BCUT2D eigenvalue weighted by molar-refractivity contribution is 5.72. The van der Waals surface area contributed by atoms with E-state index in [1.807, 2.05) is 0 Å². The molecule has 2 aromatic heterocycles. The number of halogens is 1. The summed E-state index contributed by atoms with van der Waals surface area (Å²) in [6, 6.07) is 7.87. The number of hydrogen-bond acceptors (Lipinski definition) is 4. The van der Waals surface area contributed by atoms with E-state index in [0.717, 1.165) is 0 Å². The first kappa shape index (κ1) is 9.77. The monoisotopic (exact) mass is 229 g/mol. The first-order chi connectivity index (χ1) is 8.24. The molecule has 0 saturated heterocycles. The fraction of sp³-hybridized carbons (Fsp3) is 0. The van der Waals surface area contributed by atoms with Crippen molar-refractivity contribution in [3.8, 4) is 11.5 Å². The lowest BCUT2D eigenvalue weighted by molar-refractivity contribution is 0.617. The van der Waals surface area contributed by atoms with Crippen molar-refractivity contribution in [2.75, 3.05) is 5.73 Å². The highest BCUT2D eigenvalue weighted by Gasteiger charge is 2.09. The van der Waals surface area contributed by atoms with E-state index in [1.165, 1.54) is 12.1 Å². The van der Waals surface area contributed by atoms with Gasteiger partial charge in [-0.25, -0.2) is 9.37 Å². The average molecular weight is 229 g/mol. The molecule has 3 aromatic rings. The zero-order valence-electron chi connectivity index (χ0n) is 8.72. The van der Waals surface area contributed by atoms with Crippen molar-refractivity contribution in [1.82, 2.24) is 9.97 Å². The van der Waals surface area contributed by atoms with Gasteiger partial charge in [-0.3, -0.25) is 0 Å². The van der Waals surface area contributed by atoms with Crippen molar-refractivity contribution >= 4 is 16.9 Å². The normalized spacial score (nSPS) is 10.9. The van der Waals surface area contributed by atoms with Crippen LogP contribution in [0.4, 0.5) is 10.1 Å². The van der Waals surface area contributed by atoms with Crippen LogP contribution in [-0.4, -0.2) is 9.97 Å². The number of nitrogen functional groups attached to an aromatic ring is 1. The van der Waals surface area contributed by atoms with Gasteiger partial charge in [0.25, 0.3) is 0 Å². The van der Waals surface area contributed by atoms with E-state index in [2.05, 4.69) is 9.97 Å². The van der Waals surface area contributed by atoms with Gasteiger partial charge in [-0.1, -0.05) is 0 Å². The van der Waals surface area contributed by atoms with Crippen LogP contribution in [0.5, 0.6) is 0 Å². The SMILES string of the molecule is Nc1cc(-c2nc3ncccc3o2)ccc1F. The molecule has 0 aliphatic rings. The molecule has 0 amide bonds. The van der Waals surface area contributed by atoms with Gasteiger partial charge in [0, 0.05) is 11.8 Å². The van der Waals surface area contributed by atoms with Crippen LogP contribution in [0.15, 0.2) is 40.9 Å². The van der Waals surface area contributed by atoms with Crippen LogP contribution in [0.2, 0.25) is 0 Å². The van der Waals surface area contributed by atoms with E-state index in [-0.39, 0.29) is 5.69 Å². The van der Waals surface area contributed by atoms with Crippen LogP contribution in [0, 0.1) is 5.82 Å². The Morgan fingerprint density at radius 2 is 2.12 bits per heavy atom. The van der Waals surface area contributed by atoms with E-state index in [4.69, 9.17) is 10.2 Å². The number of oxazole rings is 1. The Kier molecular flexibility index (Phi) is 2.04. The summed E-state index contributed by atoms with van der Waals surface area (Å²) in [4.78, 5) is 8.26.